The van der Waals surface area contributed by atoms with Gasteiger partial charge in [0.1, 0.15) is 0 Å². The van der Waals surface area contributed by atoms with E-state index in [2.05, 4.69) is 24.4 Å². The van der Waals surface area contributed by atoms with Crippen LogP contribution in [0.15, 0.2) is 24.3 Å². The number of benzene rings is 1. The molecular formula is C11H15NO. The zero-order chi connectivity index (χ0) is 9.31. The summed E-state index contributed by atoms with van der Waals surface area (Å²) in [5.74, 6) is 0. The summed E-state index contributed by atoms with van der Waals surface area (Å²) in [6, 6.07) is 8.26. The Morgan fingerprint density at radius 2 is 2.23 bits per heavy atom. The predicted octanol–water partition coefficient (Wildman–Crippen LogP) is 1.93. The number of aryl methyl sites for hydroxylation is 1. The molecule has 0 spiro atoms. The second kappa shape index (κ2) is 3.04. The second-order valence-corrected chi connectivity index (χ2v) is 3.93. The van der Waals surface area contributed by atoms with Crippen molar-refractivity contribution in [2.75, 3.05) is 11.9 Å². The highest BCUT2D eigenvalue weighted by Gasteiger charge is 2.41. The van der Waals surface area contributed by atoms with Gasteiger partial charge in [0.05, 0.1) is 12.1 Å². The lowest BCUT2D eigenvalue weighted by atomic mass is 10.2. The molecule has 2 heteroatoms. The van der Waals surface area contributed by atoms with E-state index < -0.39 is 0 Å². The lowest BCUT2D eigenvalue weighted by Gasteiger charge is -2.15. The minimum atomic E-state index is -0.00616. The standard InChI is InChI=1S/C11H15NO/c1-9-3-2-4-10(7-9)12-11(8-13)5-6-11/h2-4,7,12-13H,5-6,8H2,1H3. The van der Waals surface area contributed by atoms with Gasteiger partial charge in [0.2, 0.25) is 0 Å². The molecule has 2 nitrogen and oxygen atoms in total. The fourth-order valence-corrected chi connectivity index (χ4v) is 1.50. The summed E-state index contributed by atoms with van der Waals surface area (Å²) in [7, 11) is 0. The molecule has 2 N–H and O–H groups in total. The Balaban J connectivity index is 2.09. The van der Waals surface area contributed by atoms with Crippen LogP contribution in [0.3, 0.4) is 0 Å². The molecule has 0 aromatic heterocycles. The lowest BCUT2D eigenvalue weighted by molar-refractivity contribution is 0.266. The highest BCUT2D eigenvalue weighted by Crippen LogP contribution is 2.38. The number of rotatable bonds is 3. The summed E-state index contributed by atoms with van der Waals surface area (Å²) in [5, 5.41) is 12.5. The van der Waals surface area contributed by atoms with E-state index in [0.717, 1.165) is 18.5 Å². The minimum Gasteiger partial charge on any atom is -0.394 e. The third-order valence-corrected chi connectivity index (χ3v) is 2.58. The van der Waals surface area contributed by atoms with Gasteiger partial charge in [-0.2, -0.15) is 0 Å². The third kappa shape index (κ3) is 1.83. The van der Waals surface area contributed by atoms with Crippen LogP contribution < -0.4 is 5.32 Å². The highest BCUT2D eigenvalue weighted by atomic mass is 16.3. The van der Waals surface area contributed by atoms with Crippen molar-refractivity contribution >= 4 is 5.69 Å². The summed E-state index contributed by atoms with van der Waals surface area (Å²) < 4.78 is 0. The first kappa shape index (κ1) is 8.57. The quantitative estimate of drug-likeness (QED) is 0.739. The average molecular weight is 177 g/mol. The molecule has 0 heterocycles. The maximum absolute atomic E-state index is 9.12. The van der Waals surface area contributed by atoms with Crippen molar-refractivity contribution in [1.29, 1.82) is 0 Å². The Morgan fingerprint density at radius 3 is 2.77 bits per heavy atom. The summed E-state index contributed by atoms with van der Waals surface area (Å²) in [5.41, 5.74) is 2.36. The number of hydrogen-bond acceptors (Lipinski definition) is 2. The van der Waals surface area contributed by atoms with Crippen LogP contribution in [0.2, 0.25) is 0 Å². The van der Waals surface area contributed by atoms with Gasteiger partial charge < -0.3 is 10.4 Å². The molecule has 0 radical (unpaired) electrons. The van der Waals surface area contributed by atoms with Gasteiger partial charge in [-0.3, -0.25) is 0 Å². The fraction of sp³-hybridized carbons (Fsp3) is 0.455. The first-order valence-corrected chi connectivity index (χ1v) is 4.70. The van der Waals surface area contributed by atoms with Gasteiger partial charge in [-0.15, -0.1) is 0 Å². The normalized spacial score (nSPS) is 18.3. The van der Waals surface area contributed by atoms with E-state index in [0.29, 0.717) is 0 Å². The second-order valence-electron chi connectivity index (χ2n) is 3.93. The monoisotopic (exact) mass is 177 g/mol. The maximum Gasteiger partial charge on any atom is 0.0661 e. The third-order valence-electron chi connectivity index (χ3n) is 2.58. The first-order valence-electron chi connectivity index (χ1n) is 4.70. The van der Waals surface area contributed by atoms with Gasteiger partial charge in [-0.1, -0.05) is 12.1 Å². The van der Waals surface area contributed by atoms with Gasteiger partial charge >= 0.3 is 0 Å². The molecule has 1 saturated carbocycles. The first-order chi connectivity index (χ1) is 6.24. The summed E-state index contributed by atoms with van der Waals surface area (Å²) in [6.07, 6.45) is 2.16. The fourth-order valence-electron chi connectivity index (χ4n) is 1.50. The molecule has 1 aliphatic carbocycles. The largest absolute Gasteiger partial charge is 0.394 e. The SMILES string of the molecule is Cc1cccc(NC2(CO)CC2)c1. The zero-order valence-electron chi connectivity index (χ0n) is 7.88. The molecule has 1 fully saturated rings. The van der Waals surface area contributed by atoms with Crippen LogP contribution in [-0.2, 0) is 0 Å². The van der Waals surface area contributed by atoms with Gasteiger partial charge in [0.15, 0.2) is 0 Å². The number of anilines is 1. The van der Waals surface area contributed by atoms with E-state index in [1.54, 1.807) is 0 Å². The van der Waals surface area contributed by atoms with Crippen LogP contribution in [-0.4, -0.2) is 17.3 Å². The van der Waals surface area contributed by atoms with Crippen molar-refractivity contribution in [3.63, 3.8) is 0 Å². The molecule has 13 heavy (non-hydrogen) atoms. The van der Waals surface area contributed by atoms with E-state index in [1.165, 1.54) is 5.56 Å². The van der Waals surface area contributed by atoms with Crippen molar-refractivity contribution < 1.29 is 5.11 Å². The smallest absolute Gasteiger partial charge is 0.0661 e. The molecule has 0 amide bonds. The van der Waals surface area contributed by atoms with E-state index in [9.17, 15) is 0 Å². The molecule has 0 aliphatic heterocycles. The predicted molar refractivity (Wildman–Crippen MR) is 53.9 cm³/mol. The van der Waals surface area contributed by atoms with Gasteiger partial charge in [-0.05, 0) is 37.5 Å². The van der Waals surface area contributed by atoms with Crippen LogP contribution in [0.1, 0.15) is 18.4 Å². The molecular weight excluding hydrogens is 162 g/mol. The summed E-state index contributed by atoms with van der Waals surface area (Å²) >= 11 is 0. The van der Waals surface area contributed by atoms with Crippen molar-refractivity contribution in [2.24, 2.45) is 0 Å². The van der Waals surface area contributed by atoms with Crippen molar-refractivity contribution in [3.05, 3.63) is 29.8 Å². The van der Waals surface area contributed by atoms with E-state index in [-0.39, 0.29) is 12.1 Å². The average Bonchev–Trinajstić information content (AvgIpc) is 2.86. The Morgan fingerprint density at radius 1 is 1.46 bits per heavy atom. The van der Waals surface area contributed by atoms with E-state index >= 15 is 0 Å². The van der Waals surface area contributed by atoms with Crippen LogP contribution in [0.4, 0.5) is 5.69 Å². The highest BCUT2D eigenvalue weighted by molar-refractivity contribution is 5.49. The van der Waals surface area contributed by atoms with Crippen LogP contribution in [0.5, 0.6) is 0 Å². The molecule has 0 atom stereocenters. The maximum atomic E-state index is 9.12. The Hall–Kier alpha value is -1.02. The summed E-state index contributed by atoms with van der Waals surface area (Å²) in [4.78, 5) is 0. The van der Waals surface area contributed by atoms with Crippen LogP contribution in [0.25, 0.3) is 0 Å². The number of nitrogens with one attached hydrogen (secondary N) is 1. The number of aliphatic hydroxyl groups excluding tert-OH is 1. The molecule has 70 valence electrons. The molecule has 0 saturated heterocycles. The molecule has 0 bridgehead atoms. The molecule has 1 aliphatic rings. The molecule has 0 unspecified atom stereocenters. The van der Waals surface area contributed by atoms with Gasteiger partial charge in [-0.25, -0.2) is 0 Å². The van der Waals surface area contributed by atoms with Crippen LogP contribution in [0, 0.1) is 6.92 Å². The minimum absolute atomic E-state index is 0.00616. The molecule has 2 rings (SSSR count). The zero-order valence-corrected chi connectivity index (χ0v) is 7.88. The summed E-state index contributed by atoms with van der Waals surface area (Å²) in [6.45, 7) is 2.31. The topological polar surface area (TPSA) is 32.3 Å². The number of aliphatic hydroxyl groups is 1. The Labute approximate surface area is 78.6 Å². The van der Waals surface area contributed by atoms with Crippen molar-refractivity contribution in [3.8, 4) is 0 Å². The van der Waals surface area contributed by atoms with Crippen molar-refractivity contribution in [1.82, 2.24) is 0 Å². The molecule has 1 aromatic rings. The molecule has 1 aromatic carbocycles. The lowest BCUT2D eigenvalue weighted by Crippen LogP contribution is -2.25. The van der Waals surface area contributed by atoms with Gasteiger partial charge in [0.25, 0.3) is 0 Å². The van der Waals surface area contributed by atoms with Gasteiger partial charge in [0, 0.05) is 5.69 Å². The van der Waals surface area contributed by atoms with Crippen molar-refractivity contribution in [2.45, 2.75) is 25.3 Å². The Kier molecular flexibility index (Phi) is 2.00. The number of hydrogen-bond donors (Lipinski definition) is 2. The van der Waals surface area contributed by atoms with E-state index in [4.69, 9.17) is 5.11 Å². The van der Waals surface area contributed by atoms with E-state index in [1.807, 2.05) is 12.1 Å². The Bertz CT molecular complexity index is 305. The van der Waals surface area contributed by atoms with Crippen LogP contribution >= 0.6 is 0 Å².